The normalized spacial score (nSPS) is 10.7. The van der Waals surface area contributed by atoms with Crippen LogP contribution in [0.5, 0.6) is 11.5 Å². The van der Waals surface area contributed by atoms with Crippen molar-refractivity contribution in [1.29, 1.82) is 0 Å². The van der Waals surface area contributed by atoms with Gasteiger partial charge in [0.25, 0.3) is 0 Å². The summed E-state index contributed by atoms with van der Waals surface area (Å²) in [4.78, 5) is 0. The molecular formula is C15H19BrN2O3. The van der Waals surface area contributed by atoms with Crippen LogP contribution in [0, 0.1) is 6.92 Å². The van der Waals surface area contributed by atoms with E-state index in [4.69, 9.17) is 14.0 Å². The fourth-order valence-electron chi connectivity index (χ4n) is 1.96. The third-order valence-electron chi connectivity index (χ3n) is 2.79. The summed E-state index contributed by atoms with van der Waals surface area (Å²) in [6, 6.07) is 5.85. The van der Waals surface area contributed by atoms with Gasteiger partial charge in [0, 0.05) is 12.6 Å². The lowest BCUT2D eigenvalue weighted by Crippen LogP contribution is -2.07. The summed E-state index contributed by atoms with van der Waals surface area (Å²) < 4.78 is 17.4. The molecule has 5 nitrogen and oxygen atoms in total. The predicted octanol–water partition coefficient (Wildman–Crippen LogP) is 3.44. The predicted molar refractivity (Wildman–Crippen MR) is 83.6 cm³/mol. The van der Waals surface area contributed by atoms with E-state index in [0.717, 1.165) is 33.8 Å². The molecule has 6 heteroatoms. The lowest BCUT2D eigenvalue weighted by molar-refractivity contribution is 0.258. The Morgan fingerprint density at radius 1 is 1.29 bits per heavy atom. The zero-order chi connectivity index (χ0) is 15.2. The summed E-state index contributed by atoms with van der Waals surface area (Å²) >= 11 is 3.54. The second-order valence-electron chi connectivity index (χ2n) is 4.59. The Morgan fingerprint density at radius 2 is 2.10 bits per heavy atom. The van der Waals surface area contributed by atoms with E-state index in [1.807, 2.05) is 39.1 Å². The fourth-order valence-corrected chi connectivity index (χ4v) is 2.57. The second kappa shape index (κ2) is 7.47. The molecule has 1 heterocycles. The average Bonchev–Trinajstić information content (AvgIpc) is 2.84. The van der Waals surface area contributed by atoms with E-state index in [1.165, 1.54) is 0 Å². The minimum absolute atomic E-state index is 0.335. The Labute approximate surface area is 132 Å². The summed E-state index contributed by atoms with van der Waals surface area (Å²) in [6.45, 7) is 5.48. The molecule has 0 aliphatic carbocycles. The maximum Gasteiger partial charge on any atom is 0.175 e. The molecule has 2 rings (SSSR count). The van der Waals surface area contributed by atoms with Gasteiger partial charge in [0.2, 0.25) is 0 Å². The number of nitrogens with zero attached hydrogens (tertiary/aromatic N) is 1. The van der Waals surface area contributed by atoms with Gasteiger partial charge in [0.15, 0.2) is 11.5 Å². The van der Waals surface area contributed by atoms with Gasteiger partial charge in [0.1, 0.15) is 18.1 Å². The largest absolute Gasteiger partial charge is 0.490 e. The molecule has 0 aliphatic heterocycles. The van der Waals surface area contributed by atoms with Crippen LogP contribution in [0.2, 0.25) is 0 Å². The molecule has 0 aliphatic rings. The molecule has 0 radical (unpaired) electrons. The van der Waals surface area contributed by atoms with E-state index in [2.05, 4.69) is 26.4 Å². The van der Waals surface area contributed by atoms with Crippen LogP contribution in [0.1, 0.15) is 23.9 Å². The Hall–Kier alpha value is -1.53. The summed E-state index contributed by atoms with van der Waals surface area (Å²) in [5.74, 6) is 2.16. The van der Waals surface area contributed by atoms with Crippen molar-refractivity contribution < 1.29 is 14.0 Å². The first-order valence-electron chi connectivity index (χ1n) is 6.78. The van der Waals surface area contributed by atoms with Crippen molar-refractivity contribution in [2.24, 2.45) is 0 Å². The molecule has 21 heavy (non-hydrogen) atoms. The Balaban J connectivity index is 2.19. The number of ether oxygens (including phenoxy) is 2. The molecule has 0 amide bonds. The van der Waals surface area contributed by atoms with Gasteiger partial charge in [-0.05, 0) is 54.5 Å². The fraction of sp³-hybridized carbons (Fsp3) is 0.400. The van der Waals surface area contributed by atoms with Crippen molar-refractivity contribution in [3.8, 4) is 11.5 Å². The van der Waals surface area contributed by atoms with E-state index in [9.17, 15) is 0 Å². The molecule has 114 valence electrons. The van der Waals surface area contributed by atoms with Crippen LogP contribution in [0.15, 0.2) is 27.2 Å². The average molecular weight is 355 g/mol. The van der Waals surface area contributed by atoms with Crippen molar-refractivity contribution in [3.63, 3.8) is 0 Å². The molecule has 0 fully saturated rings. The Bertz CT molecular complexity index is 599. The Morgan fingerprint density at radius 3 is 2.71 bits per heavy atom. The van der Waals surface area contributed by atoms with Crippen LogP contribution in [0.25, 0.3) is 0 Å². The number of aryl methyl sites for hydroxylation is 1. The number of rotatable bonds is 7. The molecule has 1 aromatic carbocycles. The minimum atomic E-state index is 0.335. The second-order valence-corrected chi connectivity index (χ2v) is 5.44. The van der Waals surface area contributed by atoms with E-state index in [-0.39, 0.29) is 0 Å². The number of aromatic nitrogens is 1. The summed E-state index contributed by atoms with van der Waals surface area (Å²) in [6.07, 6.45) is 0. The lowest BCUT2D eigenvalue weighted by Gasteiger charge is -2.14. The first kappa shape index (κ1) is 15.9. The van der Waals surface area contributed by atoms with Crippen LogP contribution in [0.3, 0.4) is 0 Å². The molecule has 0 unspecified atom stereocenters. The number of halogens is 1. The summed E-state index contributed by atoms with van der Waals surface area (Å²) in [5, 5.41) is 7.04. The van der Waals surface area contributed by atoms with E-state index >= 15 is 0 Å². The van der Waals surface area contributed by atoms with Crippen molar-refractivity contribution in [2.75, 3.05) is 13.7 Å². The highest BCUT2D eigenvalue weighted by Crippen LogP contribution is 2.37. The van der Waals surface area contributed by atoms with Gasteiger partial charge >= 0.3 is 0 Å². The SMILES string of the molecule is CCOc1cc(CNC)cc(Br)c1OCc1cc(C)on1. The minimum Gasteiger partial charge on any atom is -0.490 e. The summed E-state index contributed by atoms with van der Waals surface area (Å²) in [7, 11) is 1.91. The zero-order valence-electron chi connectivity index (χ0n) is 12.4. The zero-order valence-corrected chi connectivity index (χ0v) is 14.0. The standard InChI is InChI=1S/C15H19BrN2O3/c1-4-19-14-7-11(8-17-3)6-13(16)15(14)20-9-12-5-10(2)21-18-12/h5-7,17H,4,8-9H2,1-3H3. The third-order valence-corrected chi connectivity index (χ3v) is 3.38. The van der Waals surface area contributed by atoms with Crippen LogP contribution < -0.4 is 14.8 Å². The van der Waals surface area contributed by atoms with E-state index in [1.54, 1.807) is 0 Å². The van der Waals surface area contributed by atoms with Crippen LogP contribution in [-0.2, 0) is 13.2 Å². The molecule has 0 saturated heterocycles. The molecule has 1 aromatic heterocycles. The highest BCUT2D eigenvalue weighted by atomic mass is 79.9. The van der Waals surface area contributed by atoms with Crippen molar-refractivity contribution >= 4 is 15.9 Å². The van der Waals surface area contributed by atoms with Crippen molar-refractivity contribution in [3.05, 3.63) is 39.7 Å². The monoisotopic (exact) mass is 354 g/mol. The maximum atomic E-state index is 5.84. The first-order valence-corrected chi connectivity index (χ1v) is 7.58. The van der Waals surface area contributed by atoms with Gasteiger partial charge in [-0.25, -0.2) is 0 Å². The molecule has 2 aromatic rings. The van der Waals surface area contributed by atoms with E-state index < -0.39 is 0 Å². The Kier molecular flexibility index (Phi) is 5.64. The highest BCUT2D eigenvalue weighted by molar-refractivity contribution is 9.10. The first-order chi connectivity index (χ1) is 10.1. The topological polar surface area (TPSA) is 56.5 Å². The molecule has 0 bridgehead atoms. The number of hydrogen-bond donors (Lipinski definition) is 1. The van der Waals surface area contributed by atoms with Gasteiger partial charge in [-0.3, -0.25) is 0 Å². The molecule has 0 saturated carbocycles. The molecular weight excluding hydrogens is 336 g/mol. The number of benzene rings is 1. The highest BCUT2D eigenvalue weighted by Gasteiger charge is 2.13. The van der Waals surface area contributed by atoms with Crippen molar-refractivity contribution in [1.82, 2.24) is 10.5 Å². The summed E-state index contributed by atoms with van der Waals surface area (Å²) in [5.41, 5.74) is 1.87. The van der Waals surface area contributed by atoms with Gasteiger partial charge in [0.05, 0.1) is 11.1 Å². The number of hydrogen-bond acceptors (Lipinski definition) is 5. The maximum absolute atomic E-state index is 5.84. The molecule has 0 atom stereocenters. The third kappa shape index (κ3) is 4.22. The van der Waals surface area contributed by atoms with Gasteiger partial charge in [-0.1, -0.05) is 5.16 Å². The quantitative estimate of drug-likeness (QED) is 0.825. The smallest absolute Gasteiger partial charge is 0.175 e. The van der Waals surface area contributed by atoms with Crippen LogP contribution >= 0.6 is 15.9 Å². The van der Waals surface area contributed by atoms with Gasteiger partial charge in [-0.15, -0.1) is 0 Å². The molecule has 0 spiro atoms. The van der Waals surface area contributed by atoms with Crippen LogP contribution in [-0.4, -0.2) is 18.8 Å². The van der Waals surface area contributed by atoms with E-state index in [0.29, 0.717) is 19.0 Å². The number of nitrogens with one attached hydrogen (secondary N) is 1. The molecule has 1 N–H and O–H groups in total. The van der Waals surface area contributed by atoms with Gasteiger partial charge < -0.3 is 19.3 Å². The van der Waals surface area contributed by atoms with Crippen molar-refractivity contribution in [2.45, 2.75) is 27.0 Å². The lowest BCUT2D eigenvalue weighted by atomic mass is 10.2. The van der Waals surface area contributed by atoms with Gasteiger partial charge in [-0.2, -0.15) is 0 Å². The van der Waals surface area contributed by atoms with Crippen LogP contribution in [0.4, 0.5) is 0 Å².